The SMILES string of the molecule is Cc1cnn(C)c1S(=O)(=O)N(C)Cc1cc(Cl)cc(Cl)c1. The second kappa shape index (κ2) is 5.96. The van der Waals surface area contributed by atoms with Crippen molar-refractivity contribution in [3.8, 4) is 0 Å². The van der Waals surface area contributed by atoms with Crippen LogP contribution < -0.4 is 0 Å². The second-order valence-corrected chi connectivity index (χ2v) is 7.63. The minimum atomic E-state index is -3.63. The van der Waals surface area contributed by atoms with Crippen molar-refractivity contribution >= 4 is 33.2 Å². The Morgan fingerprint density at radius 2 is 1.81 bits per heavy atom. The fraction of sp³-hybridized carbons (Fsp3) is 0.308. The van der Waals surface area contributed by atoms with Crippen LogP contribution in [-0.4, -0.2) is 29.6 Å². The number of nitrogens with zero attached hydrogens (tertiary/aromatic N) is 3. The third-order valence-corrected chi connectivity index (χ3v) is 5.50. The minimum absolute atomic E-state index is 0.174. The summed E-state index contributed by atoms with van der Waals surface area (Å²) in [7, 11) is -0.522. The lowest BCUT2D eigenvalue weighted by Gasteiger charge is -2.18. The Bertz CT molecular complexity index is 732. The maximum Gasteiger partial charge on any atom is 0.260 e. The largest absolute Gasteiger partial charge is 0.260 e. The van der Waals surface area contributed by atoms with Gasteiger partial charge < -0.3 is 0 Å². The first-order chi connectivity index (χ1) is 9.71. The van der Waals surface area contributed by atoms with Crippen molar-refractivity contribution in [2.24, 2.45) is 7.05 Å². The van der Waals surface area contributed by atoms with Gasteiger partial charge in [0.25, 0.3) is 10.0 Å². The second-order valence-electron chi connectivity index (χ2n) is 4.80. The van der Waals surface area contributed by atoms with Crippen LogP contribution in [0.1, 0.15) is 11.1 Å². The molecule has 0 spiro atoms. The Morgan fingerprint density at radius 3 is 2.29 bits per heavy atom. The maximum absolute atomic E-state index is 12.6. The van der Waals surface area contributed by atoms with Crippen molar-refractivity contribution in [2.75, 3.05) is 7.05 Å². The van der Waals surface area contributed by atoms with Crippen molar-refractivity contribution in [1.29, 1.82) is 0 Å². The van der Waals surface area contributed by atoms with E-state index < -0.39 is 10.0 Å². The van der Waals surface area contributed by atoms with Gasteiger partial charge in [0, 0.05) is 36.2 Å². The van der Waals surface area contributed by atoms with Gasteiger partial charge in [0.15, 0.2) is 5.03 Å². The number of benzene rings is 1. The van der Waals surface area contributed by atoms with Crippen LogP contribution in [0.5, 0.6) is 0 Å². The van der Waals surface area contributed by atoms with Gasteiger partial charge in [-0.05, 0) is 30.7 Å². The first-order valence-electron chi connectivity index (χ1n) is 6.11. The molecule has 114 valence electrons. The zero-order chi connectivity index (χ0) is 15.8. The monoisotopic (exact) mass is 347 g/mol. The molecular formula is C13H15Cl2N3O2S. The van der Waals surface area contributed by atoms with Crippen molar-refractivity contribution in [2.45, 2.75) is 18.5 Å². The molecule has 2 aromatic rings. The highest BCUT2D eigenvalue weighted by molar-refractivity contribution is 7.89. The Balaban J connectivity index is 2.33. The fourth-order valence-electron chi connectivity index (χ4n) is 2.10. The van der Waals surface area contributed by atoms with Gasteiger partial charge in [0.2, 0.25) is 0 Å². The maximum atomic E-state index is 12.6. The van der Waals surface area contributed by atoms with Crippen LogP contribution in [0.3, 0.4) is 0 Å². The van der Waals surface area contributed by atoms with Crippen LogP contribution in [0, 0.1) is 6.92 Å². The Morgan fingerprint density at radius 1 is 1.24 bits per heavy atom. The Hall–Kier alpha value is -1.08. The summed E-state index contributed by atoms with van der Waals surface area (Å²) in [6.07, 6.45) is 1.52. The summed E-state index contributed by atoms with van der Waals surface area (Å²) in [6, 6.07) is 4.98. The van der Waals surface area contributed by atoms with Gasteiger partial charge in [-0.2, -0.15) is 9.40 Å². The third-order valence-electron chi connectivity index (χ3n) is 3.04. The van der Waals surface area contributed by atoms with Crippen LogP contribution in [0.2, 0.25) is 10.0 Å². The number of hydrogen-bond acceptors (Lipinski definition) is 3. The molecule has 0 atom stereocenters. The molecule has 8 heteroatoms. The van der Waals surface area contributed by atoms with Crippen molar-refractivity contribution in [1.82, 2.24) is 14.1 Å². The normalized spacial score (nSPS) is 12.1. The van der Waals surface area contributed by atoms with E-state index in [1.165, 1.54) is 22.2 Å². The predicted octanol–water partition coefficient (Wildman–Crippen LogP) is 2.86. The first-order valence-corrected chi connectivity index (χ1v) is 8.31. The lowest BCUT2D eigenvalue weighted by Crippen LogP contribution is -2.28. The summed E-state index contributed by atoms with van der Waals surface area (Å²) in [4.78, 5) is 0. The zero-order valence-electron chi connectivity index (χ0n) is 11.8. The van der Waals surface area contributed by atoms with Crippen LogP contribution in [-0.2, 0) is 23.6 Å². The van der Waals surface area contributed by atoms with Crippen molar-refractivity contribution in [3.63, 3.8) is 0 Å². The van der Waals surface area contributed by atoms with E-state index in [0.717, 1.165) is 5.56 Å². The summed E-state index contributed by atoms with van der Waals surface area (Å²) < 4.78 is 27.8. The molecule has 2 rings (SSSR count). The molecule has 0 N–H and O–H groups in total. The number of aromatic nitrogens is 2. The third kappa shape index (κ3) is 3.40. The number of rotatable bonds is 4. The molecule has 0 aliphatic heterocycles. The zero-order valence-corrected chi connectivity index (χ0v) is 14.2. The standard InChI is InChI=1S/C13H15Cl2N3O2S/c1-9-7-16-18(3)13(9)21(19,20)17(2)8-10-4-11(14)6-12(15)5-10/h4-7H,8H2,1-3H3. The summed E-state index contributed by atoms with van der Waals surface area (Å²) >= 11 is 11.9. The quantitative estimate of drug-likeness (QED) is 0.854. The topological polar surface area (TPSA) is 55.2 Å². The molecule has 5 nitrogen and oxygen atoms in total. The molecule has 0 aliphatic carbocycles. The average molecular weight is 348 g/mol. The molecule has 0 saturated carbocycles. The van der Waals surface area contributed by atoms with Gasteiger partial charge in [0.05, 0.1) is 6.20 Å². The smallest absolute Gasteiger partial charge is 0.256 e. The lowest BCUT2D eigenvalue weighted by molar-refractivity contribution is 0.456. The molecule has 1 heterocycles. The molecule has 0 saturated heterocycles. The minimum Gasteiger partial charge on any atom is -0.256 e. The molecular weight excluding hydrogens is 333 g/mol. The number of halogens is 2. The molecule has 1 aromatic carbocycles. The lowest BCUT2D eigenvalue weighted by atomic mass is 10.2. The number of hydrogen-bond donors (Lipinski definition) is 0. The summed E-state index contributed by atoms with van der Waals surface area (Å²) in [5.41, 5.74) is 1.33. The van der Waals surface area contributed by atoms with E-state index in [4.69, 9.17) is 23.2 Å². The van der Waals surface area contributed by atoms with Crippen molar-refractivity contribution in [3.05, 3.63) is 45.6 Å². The van der Waals surface area contributed by atoms with Crippen LogP contribution in [0.4, 0.5) is 0 Å². The number of aryl methyl sites for hydroxylation is 2. The highest BCUT2D eigenvalue weighted by Crippen LogP contribution is 2.23. The van der Waals surface area contributed by atoms with Gasteiger partial charge in [-0.1, -0.05) is 23.2 Å². The summed E-state index contributed by atoms with van der Waals surface area (Å²) in [6.45, 7) is 1.89. The highest BCUT2D eigenvalue weighted by atomic mass is 35.5. The molecule has 0 fully saturated rings. The van der Waals surface area contributed by atoms with E-state index in [0.29, 0.717) is 15.6 Å². The molecule has 21 heavy (non-hydrogen) atoms. The molecule has 0 bridgehead atoms. The number of sulfonamides is 1. The van der Waals surface area contributed by atoms with Crippen LogP contribution in [0.25, 0.3) is 0 Å². The van der Waals surface area contributed by atoms with E-state index in [2.05, 4.69) is 5.10 Å². The van der Waals surface area contributed by atoms with Gasteiger partial charge in [-0.25, -0.2) is 8.42 Å². The van der Waals surface area contributed by atoms with Crippen LogP contribution >= 0.6 is 23.2 Å². The van der Waals surface area contributed by atoms with E-state index in [1.807, 2.05) is 0 Å². The fourth-order valence-corrected chi connectivity index (χ4v) is 4.12. The first kappa shape index (κ1) is 16.3. The molecule has 0 radical (unpaired) electrons. The molecule has 0 amide bonds. The van der Waals surface area contributed by atoms with E-state index in [1.54, 1.807) is 32.2 Å². The molecule has 0 aliphatic rings. The van der Waals surface area contributed by atoms with Crippen molar-refractivity contribution < 1.29 is 8.42 Å². The molecule has 0 unspecified atom stereocenters. The van der Waals surface area contributed by atoms with E-state index >= 15 is 0 Å². The van der Waals surface area contributed by atoms with E-state index in [9.17, 15) is 8.42 Å². The summed E-state index contributed by atoms with van der Waals surface area (Å²) in [5, 5.41) is 5.09. The highest BCUT2D eigenvalue weighted by Gasteiger charge is 2.26. The average Bonchev–Trinajstić information content (AvgIpc) is 2.67. The van der Waals surface area contributed by atoms with Crippen LogP contribution in [0.15, 0.2) is 29.4 Å². The predicted molar refractivity (Wildman–Crippen MR) is 83.1 cm³/mol. The van der Waals surface area contributed by atoms with Gasteiger partial charge >= 0.3 is 0 Å². The Kier molecular flexibility index (Phi) is 4.63. The van der Waals surface area contributed by atoms with Gasteiger partial charge in [-0.15, -0.1) is 0 Å². The summed E-state index contributed by atoms with van der Waals surface area (Å²) in [5.74, 6) is 0. The molecule has 1 aromatic heterocycles. The van der Waals surface area contributed by atoms with Gasteiger partial charge in [0.1, 0.15) is 0 Å². The van der Waals surface area contributed by atoms with E-state index in [-0.39, 0.29) is 11.6 Å². The Labute approximate surface area is 134 Å². The van der Waals surface area contributed by atoms with Gasteiger partial charge in [-0.3, -0.25) is 4.68 Å².